The molecule has 0 unspecified atom stereocenters. The predicted molar refractivity (Wildman–Crippen MR) is 76.8 cm³/mol. The van der Waals surface area contributed by atoms with Crippen molar-refractivity contribution >= 4 is 5.97 Å². The molecule has 0 heterocycles. The maximum absolute atomic E-state index is 10.6. The van der Waals surface area contributed by atoms with Crippen LogP contribution in [0.15, 0.2) is 12.1 Å². The molecule has 0 aliphatic carbocycles. The molecule has 19 heavy (non-hydrogen) atoms. The van der Waals surface area contributed by atoms with Crippen LogP contribution in [0.5, 0.6) is 5.75 Å². The number of rotatable bonds is 5. The standard InChI is InChI=1S/C16H24O3/c1-5-11-10-14(17)13(16(2,3)4)9-12(11)7-6-8-15(18)19/h9-10,17H,5-8H2,1-4H3,(H,18,19). The zero-order valence-electron chi connectivity index (χ0n) is 12.3. The van der Waals surface area contributed by atoms with Crippen LogP contribution < -0.4 is 0 Å². The third kappa shape index (κ3) is 4.27. The topological polar surface area (TPSA) is 57.5 Å². The number of benzene rings is 1. The van der Waals surface area contributed by atoms with Crippen LogP contribution in [0.3, 0.4) is 0 Å². The van der Waals surface area contributed by atoms with Gasteiger partial charge in [-0.05, 0) is 47.4 Å². The summed E-state index contributed by atoms with van der Waals surface area (Å²) in [7, 11) is 0. The molecule has 1 rings (SSSR count). The number of carbonyl (C=O) groups is 1. The van der Waals surface area contributed by atoms with E-state index < -0.39 is 5.97 Å². The molecule has 3 heteroatoms. The molecule has 0 fully saturated rings. The number of carboxylic acid groups (broad SMARTS) is 1. The second-order valence-corrected chi connectivity index (χ2v) is 5.99. The van der Waals surface area contributed by atoms with Crippen LogP contribution in [-0.4, -0.2) is 16.2 Å². The van der Waals surface area contributed by atoms with Gasteiger partial charge in [-0.3, -0.25) is 4.79 Å². The highest BCUT2D eigenvalue weighted by molar-refractivity contribution is 5.66. The van der Waals surface area contributed by atoms with Crippen LogP contribution >= 0.6 is 0 Å². The molecule has 0 bridgehead atoms. The Morgan fingerprint density at radius 3 is 2.32 bits per heavy atom. The Labute approximate surface area is 115 Å². The maximum Gasteiger partial charge on any atom is 0.303 e. The van der Waals surface area contributed by atoms with Crippen molar-refractivity contribution in [2.75, 3.05) is 0 Å². The smallest absolute Gasteiger partial charge is 0.303 e. The second-order valence-electron chi connectivity index (χ2n) is 5.99. The molecule has 0 aliphatic heterocycles. The van der Waals surface area contributed by atoms with E-state index in [0.717, 1.165) is 29.5 Å². The summed E-state index contributed by atoms with van der Waals surface area (Å²) >= 11 is 0. The SMILES string of the molecule is CCc1cc(O)c(C(C)(C)C)cc1CCCC(=O)O. The number of phenolic OH excluding ortho intramolecular Hbond substituents is 1. The third-order valence-electron chi connectivity index (χ3n) is 3.34. The molecule has 0 saturated heterocycles. The fourth-order valence-electron chi connectivity index (χ4n) is 2.27. The molecule has 0 amide bonds. The minimum Gasteiger partial charge on any atom is -0.508 e. The molecule has 106 valence electrons. The molecule has 2 N–H and O–H groups in total. The average molecular weight is 264 g/mol. The lowest BCUT2D eigenvalue weighted by Gasteiger charge is -2.23. The first kappa shape index (κ1) is 15.5. The first-order chi connectivity index (χ1) is 8.75. The van der Waals surface area contributed by atoms with Crippen molar-refractivity contribution in [2.45, 2.75) is 58.8 Å². The monoisotopic (exact) mass is 264 g/mol. The fraction of sp³-hybridized carbons (Fsp3) is 0.562. The van der Waals surface area contributed by atoms with Gasteiger partial charge in [-0.15, -0.1) is 0 Å². The molecule has 0 spiro atoms. The van der Waals surface area contributed by atoms with Gasteiger partial charge in [-0.1, -0.05) is 33.8 Å². The molecule has 1 aromatic rings. The third-order valence-corrected chi connectivity index (χ3v) is 3.34. The first-order valence-corrected chi connectivity index (χ1v) is 6.82. The van der Waals surface area contributed by atoms with E-state index in [2.05, 4.69) is 20.8 Å². The van der Waals surface area contributed by atoms with E-state index in [4.69, 9.17) is 5.11 Å². The van der Waals surface area contributed by atoms with Gasteiger partial charge in [0.15, 0.2) is 0 Å². The summed E-state index contributed by atoms with van der Waals surface area (Å²) in [4.78, 5) is 10.6. The van der Waals surface area contributed by atoms with Crippen LogP contribution in [0.2, 0.25) is 0 Å². The van der Waals surface area contributed by atoms with E-state index in [1.807, 2.05) is 19.1 Å². The van der Waals surface area contributed by atoms with Crippen LogP contribution in [-0.2, 0) is 23.1 Å². The molecule has 3 nitrogen and oxygen atoms in total. The van der Waals surface area contributed by atoms with Crippen LogP contribution in [0.4, 0.5) is 0 Å². The molecule has 0 aromatic heterocycles. The maximum atomic E-state index is 10.6. The van der Waals surface area contributed by atoms with Gasteiger partial charge in [0.25, 0.3) is 0 Å². The van der Waals surface area contributed by atoms with E-state index in [0.29, 0.717) is 12.2 Å². The quantitative estimate of drug-likeness (QED) is 0.853. The highest BCUT2D eigenvalue weighted by Gasteiger charge is 2.20. The number of aryl methyl sites for hydroxylation is 2. The summed E-state index contributed by atoms with van der Waals surface area (Å²) in [6, 6.07) is 3.87. The Morgan fingerprint density at radius 2 is 1.84 bits per heavy atom. The number of carboxylic acids is 1. The van der Waals surface area contributed by atoms with E-state index in [1.54, 1.807) is 0 Å². The second kappa shape index (κ2) is 6.09. The van der Waals surface area contributed by atoms with Crippen molar-refractivity contribution in [3.63, 3.8) is 0 Å². The van der Waals surface area contributed by atoms with Gasteiger partial charge >= 0.3 is 5.97 Å². The molecule has 0 radical (unpaired) electrons. The van der Waals surface area contributed by atoms with E-state index >= 15 is 0 Å². The van der Waals surface area contributed by atoms with Crippen LogP contribution in [0, 0.1) is 0 Å². The Hall–Kier alpha value is -1.51. The highest BCUT2D eigenvalue weighted by Crippen LogP contribution is 2.33. The van der Waals surface area contributed by atoms with Gasteiger partial charge in [0.05, 0.1) is 0 Å². The van der Waals surface area contributed by atoms with Crippen molar-refractivity contribution in [3.8, 4) is 5.75 Å². The van der Waals surface area contributed by atoms with E-state index in [9.17, 15) is 9.90 Å². The number of aliphatic carboxylic acids is 1. The van der Waals surface area contributed by atoms with Crippen molar-refractivity contribution in [1.82, 2.24) is 0 Å². The lowest BCUT2D eigenvalue weighted by molar-refractivity contribution is -0.137. The summed E-state index contributed by atoms with van der Waals surface area (Å²) < 4.78 is 0. The summed E-state index contributed by atoms with van der Waals surface area (Å²) in [6.45, 7) is 8.24. The van der Waals surface area contributed by atoms with Gasteiger partial charge in [0.1, 0.15) is 5.75 Å². The van der Waals surface area contributed by atoms with Gasteiger partial charge in [-0.2, -0.15) is 0 Å². The zero-order chi connectivity index (χ0) is 14.6. The summed E-state index contributed by atoms with van der Waals surface area (Å²) in [5.41, 5.74) is 3.08. The normalized spacial score (nSPS) is 11.6. The minimum absolute atomic E-state index is 0.113. The fourth-order valence-corrected chi connectivity index (χ4v) is 2.27. The largest absolute Gasteiger partial charge is 0.508 e. The van der Waals surface area contributed by atoms with Crippen LogP contribution in [0.25, 0.3) is 0 Å². The summed E-state index contributed by atoms with van der Waals surface area (Å²) in [5, 5.41) is 18.8. The summed E-state index contributed by atoms with van der Waals surface area (Å²) in [5.74, 6) is -0.417. The molecule has 1 aromatic carbocycles. The van der Waals surface area contributed by atoms with Crippen LogP contribution in [0.1, 0.15) is 57.2 Å². The Balaban J connectivity index is 3.04. The number of phenols is 1. The van der Waals surface area contributed by atoms with Crippen molar-refractivity contribution in [2.24, 2.45) is 0 Å². The van der Waals surface area contributed by atoms with Gasteiger partial charge in [0, 0.05) is 6.42 Å². The van der Waals surface area contributed by atoms with Gasteiger partial charge < -0.3 is 10.2 Å². The Morgan fingerprint density at radius 1 is 1.21 bits per heavy atom. The Kier molecular flexibility index (Phi) is 4.98. The number of hydrogen-bond donors (Lipinski definition) is 2. The van der Waals surface area contributed by atoms with Gasteiger partial charge in [0.2, 0.25) is 0 Å². The Bertz CT molecular complexity index is 456. The summed E-state index contributed by atoms with van der Waals surface area (Å²) in [6.07, 6.45) is 2.42. The lowest BCUT2D eigenvalue weighted by atomic mass is 9.83. The van der Waals surface area contributed by atoms with Gasteiger partial charge in [-0.25, -0.2) is 0 Å². The van der Waals surface area contributed by atoms with E-state index in [-0.39, 0.29) is 11.8 Å². The lowest BCUT2D eigenvalue weighted by Crippen LogP contribution is -2.13. The first-order valence-electron chi connectivity index (χ1n) is 6.82. The minimum atomic E-state index is -0.757. The predicted octanol–water partition coefficient (Wildman–Crippen LogP) is 3.66. The molecule has 0 atom stereocenters. The molecular weight excluding hydrogens is 240 g/mol. The molecule has 0 saturated carbocycles. The van der Waals surface area contributed by atoms with Crippen molar-refractivity contribution in [1.29, 1.82) is 0 Å². The van der Waals surface area contributed by atoms with Crippen molar-refractivity contribution < 1.29 is 15.0 Å². The highest BCUT2D eigenvalue weighted by atomic mass is 16.4. The zero-order valence-corrected chi connectivity index (χ0v) is 12.3. The molecular formula is C16H24O3. The van der Waals surface area contributed by atoms with Crippen molar-refractivity contribution in [3.05, 3.63) is 28.8 Å². The average Bonchev–Trinajstić information content (AvgIpc) is 2.28. The molecule has 0 aliphatic rings. The number of aromatic hydroxyl groups is 1. The van der Waals surface area contributed by atoms with E-state index in [1.165, 1.54) is 0 Å². The number of hydrogen-bond acceptors (Lipinski definition) is 2.